The van der Waals surface area contributed by atoms with E-state index in [1.165, 1.54) is 0 Å². The standard InChI is InChI=1S/C27H38N2O5S2/c1-16(2)29(17(3)4)36(33,34)15-27-13-12-19(26(27,6)7)14-22(27)35-25(32)18(5)28-23(30)20-10-8-9-11-21(20)24(28)31/h8-11,16-19,22H,12-15H2,1-7H3/t18-,19+,22+,27+/m0/s1. The van der Waals surface area contributed by atoms with E-state index in [0.717, 1.165) is 35.9 Å². The van der Waals surface area contributed by atoms with E-state index >= 15 is 0 Å². The maximum absolute atomic E-state index is 13.8. The van der Waals surface area contributed by atoms with Gasteiger partial charge >= 0.3 is 0 Å². The predicted octanol–water partition coefficient (Wildman–Crippen LogP) is 4.57. The second-order valence-electron chi connectivity index (χ2n) is 11.8. The molecule has 2 amide bonds. The van der Waals surface area contributed by atoms with Gasteiger partial charge in [-0.15, -0.1) is 0 Å². The molecule has 2 fully saturated rings. The molecule has 9 heteroatoms. The molecule has 0 radical (unpaired) electrons. The number of amides is 2. The summed E-state index contributed by atoms with van der Waals surface area (Å²) in [6.07, 6.45) is 2.46. The van der Waals surface area contributed by atoms with E-state index < -0.39 is 33.3 Å². The fraction of sp³-hybridized carbons (Fsp3) is 0.667. The fourth-order valence-corrected chi connectivity index (χ4v) is 11.6. The maximum atomic E-state index is 13.8. The van der Waals surface area contributed by atoms with Crippen molar-refractivity contribution in [3.8, 4) is 0 Å². The van der Waals surface area contributed by atoms with Crippen LogP contribution in [0.5, 0.6) is 0 Å². The molecule has 0 unspecified atom stereocenters. The minimum Gasteiger partial charge on any atom is -0.285 e. The second kappa shape index (κ2) is 9.24. The van der Waals surface area contributed by atoms with Gasteiger partial charge in [0.15, 0.2) is 0 Å². The van der Waals surface area contributed by atoms with Crippen LogP contribution in [0.2, 0.25) is 0 Å². The van der Waals surface area contributed by atoms with Gasteiger partial charge in [-0.2, -0.15) is 4.31 Å². The van der Waals surface area contributed by atoms with Gasteiger partial charge in [0.1, 0.15) is 6.04 Å². The molecule has 4 atom stereocenters. The van der Waals surface area contributed by atoms with Crippen molar-refractivity contribution in [2.24, 2.45) is 16.7 Å². The van der Waals surface area contributed by atoms with Crippen LogP contribution >= 0.6 is 11.8 Å². The van der Waals surface area contributed by atoms with Gasteiger partial charge in [0.2, 0.25) is 15.1 Å². The van der Waals surface area contributed by atoms with E-state index in [0.29, 0.717) is 17.0 Å². The lowest BCUT2D eigenvalue weighted by molar-refractivity contribution is -0.114. The number of thioether (sulfide) groups is 1. The zero-order valence-corrected chi connectivity index (χ0v) is 23.9. The number of nitrogens with zero attached hydrogens (tertiary/aromatic N) is 2. The smallest absolute Gasteiger partial charge is 0.262 e. The van der Waals surface area contributed by atoms with Crippen molar-refractivity contribution in [2.45, 2.75) is 91.1 Å². The summed E-state index contributed by atoms with van der Waals surface area (Å²) in [4.78, 5) is 40.5. The second-order valence-corrected chi connectivity index (χ2v) is 14.8. The number of sulfonamides is 1. The Labute approximate surface area is 219 Å². The zero-order chi connectivity index (χ0) is 26.8. The summed E-state index contributed by atoms with van der Waals surface area (Å²) in [5.41, 5.74) is -0.159. The summed E-state index contributed by atoms with van der Waals surface area (Å²) in [6.45, 7) is 13.5. The third kappa shape index (κ3) is 4.06. The van der Waals surface area contributed by atoms with Crippen molar-refractivity contribution in [1.82, 2.24) is 9.21 Å². The highest BCUT2D eigenvalue weighted by Crippen LogP contribution is 2.69. The Kier molecular flexibility index (Phi) is 7.01. The lowest BCUT2D eigenvalue weighted by atomic mass is 9.70. The Bertz CT molecular complexity index is 1150. The van der Waals surface area contributed by atoms with Crippen LogP contribution in [0.15, 0.2) is 24.3 Å². The third-order valence-electron chi connectivity index (χ3n) is 8.95. The Morgan fingerprint density at radius 2 is 1.58 bits per heavy atom. The first-order chi connectivity index (χ1) is 16.7. The average molecular weight is 535 g/mol. The van der Waals surface area contributed by atoms with E-state index in [-0.39, 0.29) is 33.6 Å². The van der Waals surface area contributed by atoms with Gasteiger partial charge in [0.05, 0.1) is 16.9 Å². The summed E-state index contributed by atoms with van der Waals surface area (Å²) >= 11 is 1.15. The van der Waals surface area contributed by atoms with E-state index in [9.17, 15) is 22.8 Å². The molecule has 0 aromatic heterocycles. The molecule has 0 spiro atoms. The van der Waals surface area contributed by atoms with E-state index in [1.54, 1.807) is 35.5 Å². The molecule has 7 nitrogen and oxygen atoms in total. The molecule has 3 aliphatic rings. The maximum Gasteiger partial charge on any atom is 0.262 e. The highest BCUT2D eigenvalue weighted by molar-refractivity contribution is 8.14. The monoisotopic (exact) mass is 534 g/mol. The van der Waals surface area contributed by atoms with E-state index in [1.807, 2.05) is 27.7 Å². The highest BCUT2D eigenvalue weighted by atomic mass is 32.2. The number of carbonyl (C=O) groups is 3. The fourth-order valence-electron chi connectivity index (χ4n) is 7.05. The topological polar surface area (TPSA) is 91.8 Å². The first-order valence-electron chi connectivity index (χ1n) is 12.8. The molecular formula is C27H38N2O5S2. The largest absolute Gasteiger partial charge is 0.285 e. The Hall–Kier alpha value is -1.71. The molecule has 2 bridgehead atoms. The van der Waals surface area contributed by atoms with Crippen molar-refractivity contribution in [3.05, 3.63) is 35.4 Å². The van der Waals surface area contributed by atoms with Gasteiger partial charge in [-0.1, -0.05) is 37.7 Å². The van der Waals surface area contributed by atoms with E-state index in [2.05, 4.69) is 13.8 Å². The number of imide groups is 1. The van der Waals surface area contributed by atoms with Crippen molar-refractivity contribution in [1.29, 1.82) is 0 Å². The number of rotatable bonds is 8. The zero-order valence-electron chi connectivity index (χ0n) is 22.3. The lowest BCUT2D eigenvalue weighted by Gasteiger charge is -2.44. The number of hydrogen-bond donors (Lipinski definition) is 0. The predicted molar refractivity (Wildman–Crippen MR) is 142 cm³/mol. The van der Waals surface area contributed by atoms with Crippen molar-refractivity contribution >= 4 is 38.7 Å². The van der Waals surface area contributed by atoms with Crippen LogP contribution in [0.1, 0.15) is 88.4 Å². The molecule has 2 saturated carbocycles. The van der Waals surface area contributed by atoms with E-state index in [4.69, 9.17) is 0 Å². The summed E-state index contributed by atoms with van der Waals surface area (Å²) in [6, 6.07) is 5.37. The molecule has 1 aliphatic heterocycles. The van der Waals surface area contributed by atoms with Crippen LogP contribution in [-0.2, 0) is 14.8 Å². The van der Waals surface area contributed by atoms with Crippen LogP contribution in [-0.4, -0.2) is 63.7 Å². The molecule has 198 valence electrons. The Morgan fingerprint density at radius 1 is 1.06 bits per heavy atom. The summed E-state index contributed by atoms with van der Waals surface area (Å²) in [5, 5.41) is -0.452. The SMILES string of the molecule is CC(C)N(C(C)C)S(=O)(=O)C[C@]12CC[C@H](C[C@H]1SC(=O)[C@H](C)N1C(=O)c3ccccc3C1=O)C2(C)C. The lowest BCUT2D eigenvalue weighted by Crippen LogP contribution is -2.51. The minimum atomic E-state index is -3.59. The van der Waals surface area contributed by atoms with Gasteiger partial charge in [-0.05, 0) is 77.3 Å². The molecule has 1 aromatic rings. The summed E-state index contributed by atoms with van der Waals surface area (Å²) in [5.74, 6) is -0.565. The molecule has 0 saturated heterocycles. The molecular weight excluding hydrogens is 496 g/mol. The first-order valence-corrected chi connectivity index (χ1v) is 15.3. The van der Waals surface area contributed by atoms with Crippen LogP contribution in [0.3, 0.4) is 0 Å². The number of fused-ring (bicyclic) bond motifs is 3. The van der Waals surface area contributed by atoms with Crippen molar-refractivity contribution < 1.29 is 22.8 Å². The average Bonchev–Trinajstić information content (AvgIpc) is 3.24. The Morgan fingerprint density at radius 3 is 2.06 bits per heavy atom. The molecule has 2 aliphatic carbocycles. The van der Waals surface area contributed by atoms with Crippen molar-refractivity contribution in [2.75, 3.05) is 5.75 Å². The van der Waals surface area contributed by atoms with Crippen molar-refractivity contribution in [3.63, 3.8) is 0 Å². The minimum absolute atomic E-state index is 0.00616. The molecule has 1 aromatic carbocycles. The van der Waals surface area contributed by atoms with Gasteiger partial charge in [-0.3, -0.25) is 19.3 Å². The van der Waals surface area contributed by atoms with Crippen LogP contribution in [0, 0.1) is 16.7 Å². The third-order valence-corrected chi connectivity index (χ3v) is 12.8. The Balaban J connectivity index is 1.60. The number of benzene rings is 1. The summed E-state index contributed by atoms with van der Waals surface area (Å²) < 4.78 is 29.1. The first kappa shape index (κ1) is 27.3. The van der Waals surface area contributed by atoms with Crippen LogP contribution in [0.4, 0.5) is 0 Å². The van der Waals surface area contributed by atoms with Gasteiger partial charge in [-0.25, -0.2) is 8.42 Å². The number of carbonyl (C=O) groups excluding carboxylic acids is 3. The highest BCUT2D eigenvalue weighted by Gasteiger charge is 2.66. The summed E-state index contributed by atoms with van der Waals surface area (Å²) in [7, 11) is -3.59. The number of hydrogen-bond acceptors (Lipinski definition) is 6. The van der Waals surface area contributed by atoms with Gasteiger partial charge in [0, 0.05) is 22.7 Å². The normalized spacial score (nSPS) is 28.0. The molecule has 4 rings (SSSR count). The molecule has 1 heterocycles. The van der Waals surface area contributed by atoms with Gasteiger partial charge < -0.3 is 0 Å². The van der Waals surface area contributed by atoms with Gasteiger partial charge in [0.25, 0.3) is 11.8 Å². The van der Waals surface area contributed by atoms with Crippen LogP contribution < -0.4 is 0 Å². The molecule has 36 heavy (non-hydrogen) atoms. The quantitative estimate of drug-likeness (QED) is 0.454. The van der Waals surface area contributed by atoms with Crippen LogP contribution in [0.25, 0.3) is 0 Å². The molecule has 0 N–H and O–H groups in total.